The molecule has 0 saturated heterocycles. The van der Waals surface area contributed by atoms with Gasteiger partial charge in [-0.2, -0.15) is 0 Å². The van der Waals surface area contributed by atoms with Crippen LogP contribution in [0, 0.1) is 5.92 Å². The fourth-order valence-electron chi connectivity index (χ4n) is 1.71. The first-order valence-electron chi connectivity index (χ1n) is 6.40. The van der Waals surface area contributed by atoms with Crippen LogP contribution in [0.3, 0.4) is 0 Å². The van der Waals surface area contributed by atoms with E-state index in [1.165, 1.54) is 0 Å². The van der Waals surface area contributed by atoms with E-state index in [-0.39, 0.29) is 11.8 Å². The maximum Gasteiger partial charge on any atom is 0.151 e. The third kappa shape index (κ3) is 6.48. The van der Waals surface area contributed by atoms with Crippen LogP contribution in [0.1, 0.15) is 47.0 Å². The van der Waals surface area contributed by atoms with Crippen LogP contribution in [-0.2, 0) is 9.84 Å². The molecule has 0 aromatic carbocycles. The summed E-state index contributed by atoms with van der Waals surface area (Å²) < 4.78 is 23.6. The fraction of sp³-hybridized carbons (Fsp3) is 1.00. The van der Waals surface area contributed by atoms with E-state index in [2.05, 4.69) is 26.1 Å². The summed E-state index contributed by atoms with van der Waals surface area (Å²) in [6, 6.07) is 0.112. The van der Waals surface area contributed by atoms with Gasteiger partial charge in [0.15, 0.2) is 9.84 Å². The van der Waals surface area contributed by atoms with E-state index in [0.29, 0.717) is 18.1 Å². The van der Waals surface area contributed by atoms with Gasteiger partial charge < -0.3 is 5.32 Å². The molecular weight excluding hydrogens is 222 g/mol. The van der Waals surface area contributed by atoms with Crippen molar-refractivity contribution in [1.29, 1.82) is 0 Å². The van der Waals surface area contributed by atoms with Crippen LogP contribution in [0.15, 0.2) is 0 Å². The average molecular weight is 249 g/mol. The molecule has 0 radical (unpaired) electrons. The van der Waals surface area contributed by atoms with Crippen LogP contribution in [0.25, 0.3) is 0 Å². The predicted octanol–water partition coefficient (Wildman–Crippen LogP) is 2.23. The summed E-state index contributed by atoms with van der Waals surface area (Å²) in [6.45, 7) is 9.14. The minimum absolute atomic E-state index is 0.112. The smallest absolute Gasteiger partial charge is 0.151 e. The molecule has 0 aliphatic rings. The van der Waals surface area contributed by atoms with E-state index in [4.69, 9.17) is 0 Å². The molecule has 2 atom stereocenters. The Morgan fingerprint density at radius 2 is 1.75 bits per heavy atom. The lowest BCUT2D eigenvalue weighted by molar-refractivity contribution is 0.391. The minimum atomic E-state index is -2.88. The van der Waals surface area contributed by atoms with Crippen LogP contribution < -0.4 is 5.32 Å². The Balaban J connectivity index is 4.41. The summed E-state index contributed by atoms with van der Waals surface area (Å²) in [4.78, 5) is 0. The van der Waals surface area contributed by atoms with Crippen LogP contribution in [-0.4, -0.2) is 32.5 Å². The van der Waals surface area contributed by atoms with Crippen molar-refractivity contribution in [2.45, 2.75) is 53.0 Å². The summed E-state index contributed by atoms with van der Waals surface area (Å²) in [7, 11) is -2.88. The Morgan fingerprint density at radius 1 is 1.12 bits per heavy atom. The molecule has 0 aromatic heterocycles. The van der Waals surface area contributed by atoms with Crippen molar-refractivity contribution >= 4 is 9.84 Å². The monoisotopic (exact) mass is 249 g/mol. The van der Waals surface area contributed by atoms with Crippen LogP contribution in [0.5, 0.6) is 0 Å². The molecule has 3 nitrogen and oxygen atoms in total. The molecule has 0 saturated carbocycles. The Bertz CT molecular complexity index is 262. The van der Waals surface area contributed by atoms with Gasteiger partial charge in [-0.25, -0.2) is 8.42 Å². The molecule has 0 amide bonds. The highest BCUT2D eigenvalue weighted by atomic mass is 32.2. The van der Waals surface area contributed by atoms with Gasteiger partial charge in [-0.3, -0.25) is 0 Å². The maximum absolute atomic E-state index is 11.8. The van der Waals surface area contributed by atoms with Crippen LogP contribution in [0.2, 0.25) is 0 Å². The van der Waals surface area contributed by atoms with Gasteiger partial charge in [-0.1, -0.05) is 34.1 Å². The maximum atomic E-state index is 11.8. The fourth-order valence-corrected chi connectivity index (χ4v) is 3.49. The Labute approximate surface area is 101 Å². The summed E-state index contributed by atoms with van der Waals surface area (Å²) in [5, 5.41) is 3.36. The van der Waals surface area contributed by atoms with Crippen molar-refractivity contribution in [3.8, 4) is 0 Å². The predicted molar refractivity (Wildman–Crippen MR) is 70.5 cm³/mol. The van der Waals surface area contributed by atoms with E-state index in [1.807, 2.05) is 6.92 Å². The molecule has 16 heavy (non-hydrogen) atoms. The first kappa shape index (κ1) is 15.9. The first-order chi connectivity index (χ1) is 7.46. The molecule has 0 aromatic rings. The van der Waals surface area contributed by atoms with Crippen molar-refractivity contribution in [3.05, 3.63) is 0 Å². The van der Waals surface area contributed by atoms with Crippen LogP contribution >= 0.6 is 0 Å². The van der Waals surface area contributed by atoms with Gasteiger partial charge >= 0.3 is 0 Å². The number of sulfone groups is 1. The zero-order valence-electron chi connectivity index (χ0n) is 11.1. The largest absolute Gasteiger partial charge is 0.313 e. The number of hydrogen-bond donors (Lipinski definition) is 1. The highest BCUT2D eigenvalue weighted by molar-refractivity contribution is 7.91. The molecule has 4 heteroatoms. The molecule has 0 aliphatic carbocycles. The lowest BCUT2D eigenvalue weighted by Gasteiger charge is -2.24. The first-order valence-corrected chi connectivity index (χ1v) is 8.22. The van der Waals surface area contributed by atoms with Crippen LogP contribution in [0.4, 0.5) is 0 Å². The summed E-state index contributed by atoms with van der Waals surface area (Å²) in [6.07, 6.45) is 2.77. The third-order valence-corrected chi connectivity index (χ3v) is 4.83. The lowest BCUT2D eigenvalue weighted by atomic mass is 10.0. The molecule has 0 fully saturated rings. The van der Waals surface area contributed by atoms with E-state index in [9.17, 15) is 8.42 Å². The summed E-state index contributed by atoms with van der Waals surface area (Å²) in [5.74, 6) is 1.02. The van der Waals surface area contributed by atoms with Gasteiger partial charge in [0.05, 0.1) is 5.75 Å². The van der Waals surface area contributed by atoms with Gasteiger partial charge in [-0.15, -0.1) is 0 Å². The Kier molecular flexibility index (Phi) is 8.02. The van der Waals surface area contributed by atoms with E-state index < -0.39 is 9.84 Å². The van der Waals surface area contributed by atoms with Crippen molar-refractivity contribution in [3.63, 3.8) is 0 Å². The lowest BCUT2D eigenvalue weighted by Crippen LogP contribution is -2.41. The van der Waals surface area contributed by atoms with Gasteiger partial charge in [0.2, 0.25) is 0 Å². The van der Waals surface area contributed by atoms with Crippen molar-refractivity contribution in [1.82, 2.24) is 5.32 Å². The molecule has 0 rings (SSSR count). The molecule has 0 spiro atoms. The highest BCUT2D eigenvalue weighted by Crippen LogP contribution is 2.11. The highest BCUT2D eigenvalue weighted by Gasteiger charge is 2.22. The molecule has 0 aliphatic heterocycles. The minimum Gasteiger partial charge on any atom is -0.313 e. The molecular formula is C12H27NO2S. The zero-order chi connectivity index (χ0) is 12.6. The molecule has 2 unspecified atom stereocenters. The number of rotatable bonds is 9. The van der Waals surface area contributed by atoms with Gasteiger partial charge in [0.25, 0.3) is 0 Å². The average Bonchev–Trinajstić information content (AvgIpc) is 2.22. The summed E-state index contributed by atoms with van der Waals surface area (Å²) in [5.41, 5.74) is 0. The Hall–Kier alpha value is -0.0900. The van der Waals surface area contributed by atoms with Crippen molar-refractivity contribution < 1.29 is 8.42 Å². The van der Waals surface area contributed by atoms with Crippen molar-refractivity contribution in [2.75, 3.05) is 18.1 Å². The molecule has 0 bridgehead atoms. The topological polar surface area (TPSA) is 46.2 Å². The van der Waals surface area contributed by atoms with Gasteiger partial charge in [0.1, 0.15) is 0 Å². The SMILES string of the molecule is CCCNC(CS(=O)(=O)CCC)C(C)CC. The standard InChI is InChI=1S/C12H27NO2S/c1-5-8-13-12(11(4)7-3)10-16(14,15)9-6-2/h11-13H,5-10H2,1-4H3. The second-order valence-corrected chi connectivity index (χ2v) is 6.79. The van der Waals surface area contributed by atoms with E-state index in [1.54, 1.807) is 0 Å². The van der Waals surface area contributed by atoms with E-state index in [0.717, 1.165) is 19.4 Å². The molecule has 1 N–H and O–H groups in total. The normalized spacial score (nSPS) is 16.0. The molecule has 0 heterocycles. The second-order valence-electron chi connectivity index (χ2n) is 4.56. The number of nitrogens with one attached hydrogen (secondary N) is 1. The number of hydrogen-bond acceptors (Lipinski definition) is 3. The second kappa shape index (κ2) is 8.07. The zero-order valence-corrected chi connectivity index (χ0v) is 11.9. The molecule has 98 valence electrons. The van der Waals surface area contributed by atoms with Gasteiger partial charge in [-0.05, 0) is 25.3 Å². The van der Waals surface area contributed by atoms with Crippen molar-refractivity contribution in [2.24, 2.45) is 5.92 Å². The third-order valence-electron chi connectivity index (χ3n) is 2.94. The quantitative estimate of drug-likeness (QED) is 0.681. The Morgan fingerprint density at radius 3 is 2.19 bits per heavy atom. The van der Waals surface area contributed by atoms with Gasteiger partial charge in [0, 0.05) is 11.8 Å². The van der Waals surface area contributed by atoms with E-state index >= 15 is 0 Å². The summed E-state index contributed by atoms with van der Waals surface area (Å²) >= 11 is 0.